The molecule has 2 rings (SSSR count). The average molecular weight is 191 g/mol. The molecule has 1 aromatic carbocycles. The summed E-state index contributed by atoms with van der Waals surface area (Å²) in [5, 5.41) is 28.5. The molecule has 0 unspecified atom stereocenters. The number of phenols is 1. The quantitative estimate of drug-likeness (QED) is 0.651. The van der Waals surface area contributed by atoms with Gasteiger partial charge in [0.1, 0.15) is 17.1 Å². The normalized spacial score (nSPS) is 10.4. The summed E-state index contributed by atoms with van der Waals surface area (Å²) >= 11 is 0. The van der Waals surface area contributed by atoms with Gasteiger partial charge in [-0.3, -0.25) is 0 Å². The molecular weight excluding hydrogens is 182 g/mol. The summed E-state index contributed by atoms with van der Waals surface area (Å²) in [6, 6.07) is 6.78. The van der Waals surface area contributed by atoms with Crippen molar-refractivity contribution in [3.63, 3.8) is 0 Å². The fourth-order valence-electron chi connectivity index (χ4n) is 1.25. The zero-order valence-corrected chi connectivity index (χ0v) is 7.31. The second kappa shape index (κ2) is 3.47. The third-order valence-corrected chi connectivity index (χ3v) is 1.93. The number of hydrogen-bond acceptors (Lipinski definition) is 4. The van der Waals surface area contributed by atoms with Gasteiger partial charge in [-0.2, -0.15) is 15.4 Å². The lowest BCUT2D eigenvalue weighted by molar-refractivity contribution is 0.277. The molecule has 0 fully saturated rings. The van der Waals surface area contributed by atoms with Crippen LogP contribution in [0.15, 0.2) is 24.3 Å². The third-order valence-electron chi connectivity index (χ3n) is 1.93. The van der Waals surface area contributed by atoms with Crippen molar-refractivity contribution in [2.75, 3.05) is 0 Å². The van der Waals surface area contributed by atoms with Crippen molar-refractivity contribution in [1.82, 2.24) is 15.4 Å². The average Bonchev–Trinajstić information content (AvgIpc) is 2.66. The Hall–Kier alpha value is -1.88. The Balaban J connectivity index is 2.54. The van der Waals surface area contributed by atoms with Gasteiger partial charge in [0.05, 0.1) is 6.61 Å². The predicted molar refractivity (Wildman–Crippen MR) is 49.4 cm³/mol. The number of aliphatic hydroxyl groups is 1. The Morgan fingerprint density at radius 3 is 2.71 bits per heavy atom. The molecule has 0 saturated carbocycles. The van der Waals surface area contributed by atoms with Gasteiger partial charge in [-0.25, -0.2) is 0 Å². The summed E-state index contributed by atoms with van der Waals surface area (Å²) in [4.78, 5) is 0. The van der Waals surface area contributed by atoms with Crippen LogP contribution >= 0.6 is 0 Å². The van der Waals surface area contributed by atoms with Crippen LogP contribution in [0.25, 0.3) is 11.3 Å². The van der Waals surface area contributed by atoms with Crippen molar-refractivity contribution in [1.29, 1.82) is 0 Å². The first-order valence-corrected chi connectivity index (χ1v) is 4.12. The van der Waals surface area contributed by atoms with Gasteiger partial charge >= 0.3 is 0 Å². The first-order valence-electron chi connectivity index (χ1n) is 4.12. The summed E-state index contributed by atoms with van der Waals surface area (Å²) in [5.41, 5.74) is 1.46. The molecular formula is C9H9N3O2. The van der Waals surface area contributed by atoms with Gasteiger partial charge < -0.3 is 10.2 Å². The Kier molecular flexibility index (Phi) is 2.16. The standard InChI is InChI=1S/C9H9N3O2/c13-5-7-9(11-12-10-7)6-3-1-2-4-8(6)14/h1-4,13-14H,5H2,(H,10,11,12). The van der Waals surface area contributed by atoms with E-state index in [4.69, 9.17) is 5.11 Å². The highest BCUT2D eigenvalue weighted by molar-refractivity contribution is 5.67. The van der Waals surface area contributed by atoms with E-state index in [0.717, 1.165) is 0 Å². The fraction of sp³-hybridized carbons (Fsp3) is 0.111. The number of para-hydroxylation sites is 1. The van der Waals surface area contributed by atoms with Crippen molar-refractivity contribution < 1.29 is 10.2 Å². The van der Waals surface area contributed by atoms with Crippen molar-refractivity contribution in [2.24, 2.45) is 0 Å². The van der Waals surface area contributed by atoms with Crippen LogP contribution in [0, 0.1) is 0 Å². The topological polar surface area (TPSA) is 82.0 Å². The van der Waals surface area contributed by atoms with E-state index < -0.39 is 0 Å². The Labute approximate surface area is 80.0 Å². The maximum absolute atomic E-state index is 9.54. The summed E-state index contributed by atoms with van der Waals surface area (Å²) in [5.74, 6) is 0.121. The lowest BCUT2D eigenvalue weighted by Crippen LogP contribution is -1.88. The summed E-state index contributed by atoms with van der Waals surface area (Å²) in [6.45, 7) is -0.208. The maximum Gasteiger partial charge on any atom is 0.125 e. The molecule has 5 heteroatoms. The Bertz CT molecular complexity index is 439. The van der Waals surface area contributed by atoms with E-state index in [9.17, 15) is 5.11 Å². The number of H-pyrrole nitrogens is 1. The molecule has 0 spiro atoms. The lowest BCUT2D eigenvalue weighted by Gasteiger charge is -2.00. The van der Waals surface area contributed by atoms with Crippen molar-refractivity contribution in [2.45, 2.75) is 6.61 Å². The van der Waals surface area contributed by atoms with Crippen LogP contribution in [0.1, 0.15) is 5.69 Å². The molecule has 0 bridgehead atoms. The molecule has 3 N–H and O–H groups in total. The molecule has 0 saturated heterocycles. The number of rotatable bonds is 2. The van der Waals surface area contributed by atoms with Crippen LogP contribution < -0.4 is 0 Å². The maximum atomic E-state index is 9.54. The van der Waals surface area contributed by atoms with Crippen molar-refractivity contribution in [3.8, 4) is 17.0 Å². The highest BCUT2D eigenvalue weighted by Crippen LogP contribution is 2.28. The minimum absolute atomic E-state index is 0.121. The monoisotopic (exact) mass is 191 g/mol. The number of phenolic OH excluding ortho intramolecular Hbond substituents is 1. The molecule has 0 atom stereocenters. The molecule has 1 heterocycles. The van der Waals surface area contributed by atoms with Gasteiger partial charge in [0.2, 0.25) is 0 Å². The van der Waals surface area contributed by atoms with Crippen LogP contribution in [0.3, 0.4) is 0 Å². The van der Waals surface area contributed by atoms with Gasteiger partial charge in [0.15, 0.2) is 0 Å². The van der Waals surface area contributed by atoms with E-state index in [0.29, 0.717) is 17.0 Å². The molecule has 5 nitrogen and oxygen atoms in total. The van der Waals surface area contributed by atoms with Crippen LogP contribution in [-0.4, -0.2) is 25.6 Å². The smallest absolute Gasteiger partial charge is 0.125 e. The summed E-state index contributed by atoms with van der Waals surface area (Å²) in [6.07, 6.45) is 0. The lowest BCUT2D eigenvalue weighted by atomic mass is 10.1. The SMILES string of the molecule is OCc1n[nH]nc1-c1ccccc1O. The van der Waals surface area contributed by atoms with Crippen molar-refractivity contribution >= 4 is 0 Å². The third kappa shape index (κ3) is 1.33. The fourth-order valence-corrected chi connectivity index (χ4v) is 1.25. The number of hydrogen-bond donors (Lipinski definition) is 3. The van der Waals surface area contributed by atoms with Crippen LogP contribution in [0.4, 0.5) is 0 Å². The molecule has 1 aromatic heterocycles. The molecule has 0 aliphatic rings. The van der Waals surface area contributed by atoms with Gasteiger partial charge in [0, 0.05) is 5.56 Å². The molecule has 0 aliphatic heterocycles. The number of aromatic amines is 1. The highest BCUT2D eigenvalue weighted by atomic mass is 16.3. The Morgan fingerprint density at radius 2 is 2.00 bits per heavy atom. The van der Waals surface area contributed by atoms with Gasteiger partial charge in [-0.15, -0.1) is 0 Å². The Morgan fingerprint density at radius 1 is 1.21 bits per heavy atom. The van der Waals surface area contributed by atoms with E-state index in [1.807, 2.05) is 0 Å². The zero-order valence-electron chi connectivity index (χ0n) is 7.31. The van der Waals surface area contributed by atoms with E-state index in [2.05, 4.69) is 15.4 Å². The molecule has 72 valence electrons. The molecule has 0 amide bonds. The van der Waals surface area contributed by atoms with Crippen molar-refractivity contribution in [3.05, 3.63) is 30.0 Å². The summed E-state index contributed by atoms with van der Waals surface area (Å²) < 4.78 is 0. The number of aromatic hydroxyl groups is 1. The van der Waals surface area contributed by atoms with E-state index in [-0.39, 0.29) is 12.4 Å². The number of aromatic nitrogens is 3. The number of aliphatic hydroxyl groups excluding tert-OH is 1. The summed E-state index contributed by atoms with van der Waals surface area (Å²) in [7, 11) is 0. The van der Waals surface area contributed by atoms with Gasteiger partial charge in [-0.1, -0.05) is 12.1 Å². The van der Waals surface area contributed by atoms with Crippen LogP contribution in [-0.2, 0) is 6.61 Å². The molecule has 0 aliphatic carbocycles. The predicted octanol–water partition coefficient (Wildman–Crippen LogP) is 0.670. The highest BCUT2D eigenvalue weighted by Gasteiger charge is 2.11. The minimum Gasteiger partial charge on any atom is -0.507 e. The minimum atomic E-state index is -0.208. The molecule has 2 aromatic rings. The van der Waals surface area contributed by atoms with E-state index >= 15 is 0 Å². The first kappa shape index (κ1) is 8.71. The van der Waals surface area contributed by atoms with E-state index in [1.54, 1.807) is 24.3 Å². The van der Waals surface area contributed by atoms with Gasteiger partial charge in [-0.05, 0) is 12.1 Å². The zero-order chi connectivity index (χ0) is 9.97. The van der Waals surface area contributed by atoms with E-state index in [1.165, 1.54) is 0 Å². The number of nitrogens with one attached hydrogen (secondary N) is 1. The number of benzene rings is 1. The second-order valence-electron chi connectivity index (χ2n) is 2.79. The second-order valence-corrected chi connectivity index (χ2v) is 2.79. The van der Waals surface area contributed by atoms with Crippen LogP contribution in [0.5, 0.6) is 5.75 Å². The van der Waals surface area contributed by atoms with Crippen LogP contribution in [0.2, 0.25) is 0 Å². The largest absolute Gasteiger partial charge is 0.507 e. The molecule has 0 radical (unpaired) electrons. The molecule has 14 heavy (non-hydrogen) atoms. The van der Waals surface area contributed by atoms with Gasteiger partial charge in [0.25, 0.3) is 0 Å². The number of nitrogens with zero attached hydrogens (tertiary/aromatic N) is 2. The first-order chi connectivity index (χ1) is 6.83.